The van der Waals surface area contributed by atoms with E-state index in [-0.39, 0.29) is 13.0 Å². The average molecular weight is 527 g/mol. The summed E-state index contributed by atoms with van der Waals surface area (Å²) in [6, 6.07) is -1.27. The van der Waals surface area contributed by atoms with Crippen LogP contribution in [0.5, 0.6) is 0 Å². The number of allylic oxidation sites excluding steroid dienone is 12. The van der Waals surface area contributed by atoms with Gasteiger partial charge in [0.25, 0.3) is 0 Å². The van der Waals surface area contributed by atoms with Crippen LogP contribution in [0, 0.1) is 0 Å². The van der Waals surface area contributed by atoms with Crippen LogP contribution in [0.4, 0.5) is 0 Å². The highest BCUT2D eigenvalue weighted by atomic mass is 16.5. The number of esters is 1. The number of carboxylic acid groups (broad SMARTS) is 1. The molecule has 0 saturated heterocycles. The summed E-state index contributed by atoms with van der Waals surface area (Å²) in [6.45, 7) is 1.82. The molecule has 0 heterocycles. The zero-order valence-electron chi connectivity index (χ0n) is 22.5. The first-order chi connectivity index (χ1) is 18.4. The van der Waals surface area contributed by atoms with Crippen LogP contribution in [0.25, 0.3) is 0 Å². The maximum absolute atomic E-state index is 12.0. The molecule has 0 aliphatic heterocycles. The second kappa shape index (κ2) is 24.7. The minimum absolute atomic E-state index is 0.127. The molecular formula is C30H42N2O6. The largest absolute Gasteiger partial charge is 0.480 e. The van der Waals surface area contributed by atoms with Crippen molar-refractivity contribution in [2.45, 2.75) is 64.3 Å². The van der Waals surface area contributed by atoms with E-state index in [1.54, 1.807) is 0 Å². The minimum atomic E-state index is -1.27. The number of hydrogen-bond donors (Lipinski definition) is 3. The van der Waals surface area contributed by atoms with E-state index in [0.717, 1.165) is 50.7 Å². The first kappa shape index (κ1) is 34.1. The van der Waals surface area contributed by atoms with Gasteiger partial charge in [-0.3, -0.25) is 9.59 Å². The fraction of sp³-hybridized carbons (Fsp3) is 0.400. The van der Waals surface area contributed by atoms with E-state index in [4.69, 9.17) is 0 Å². The summed E-state index contributed by atoms with van der Waals surface area (Å²) in [4.78, 5) is 45.9. The smallest absolute Gasteiger partial charge is 0.330 e. The Hall–Kier alpha value is -3.94. The predicted molar refractivity (Wildman–Crippen MR) is 151 cm³/mol. The van der Waals surface area contributed by atoms with Gasteiger partial charge in [0.15, 0.2) is 0 Å². The topological polar surface area (TPSA) is 122 Å². The van der Waals surface area contributed by atoms with Crippen LogP contribution >= 0.6 is 0 Å². The summed E-state index contributed by atoms with van der Waals surface area (Å²) in [5, 5.41) is 13.9. The number of ether oxygens (including phenoxy) is 1. The quantitative estimate of drug-likeness (QED) is 0.118. The molecule has 0 aromatic heterocycles. The van der Waals surface area contributed by atoms with E-state index in [9.17, 15) is 24.3 Å². The molecule has 208 valence electrons. The minimum Gasteiger partial charge on any atom is -0.480 e. The number of rotatable bonds is 20. The van der Waals surface area contributed by atoms with Gasteiger partial charge in [-0.15, -0.1) is 0 Å². The number of nitrogens with one attached hydrogen (secondary N) is 2. The number of hydrogen-bond acceptors (Lipinski definition) is 5. The van der Waals surface area contributed by atoms with Crippen LogP contribution in [0.1, 0.15) is 58.3 Å². The molecule has 0 aromatic carbocycles. The lowest BCUT2D eigenvalue weighted by molar-refractivity contribution is -0.141. The first-order valence-electron chi connectivity index (χ1n) is 12.9. The molecule has 0 aliphatic rings. The second-order valence-corrected chi connectivity index (χ2v) is 8.01. The lowest BCUT2D eigenvalue weighted by Crippen LogP contribution is -2.48. The summed E-state index contributed by atoms with van der Waals surface area (Å²) >= 11 is 0. The normalized spacial score (nSPS) is 13.1. The van der Waals surface area contributed by atoms with Crippen molar-refractivity contribution in [3.8, 4) is 0 Å². The van der Waals surface area contributed by atoms with Crippen molar-refractivity contribution in [1.82, 2.24) is 10.6 Å². The van der Waals surface area contributed by atoms with Crippen LogP contribution in [0.2, 0.25) is 0 Å². The molecule has 8 nitrogen and oxygen atoms in total. The molecule has 38 heavy (non-hydrogen) atoms. The molecule has 8 heteroatoms. The molecule has 0 aromatic rings. The number of carbonyl (C=O) groups excluding carboxylic acids is 3. The lowest BCUT2D eigenvalue weighted by atomic mass is 10.2. The molecule has 2 amide bonds. The fourth-order valence-corrected chi connectivity index (χ4v) is 2.79. The highest BCUT2D eigenvalue weighted by Gasteiger charge is 2.19. The van der Waals surface area contributed by atoms with E-state index in [2.05, 4.69) is 77.0 Å². The van der Waals surface area contributed by atoms with Crippen molar-refractivity contribution >= 4 is 23.8 Å². The van der Waals surface area contributed by atoms with Gasteiger partial charge in [0.2, 0.25) is 11.8 Å². The third-order valence-electron chi connectivity index (χ3n) is 4.82. The Morgan fingerprint density at radius 2 is 1.21 bits per heavy atom. The number of methoxy groups -OCH3 is 1. The van der Waals surface area contributed by atoms with Crippen molar-refractivity contribution < 1.29 is 29.0 Å². The Balaban J connectivity index is 4.01. The summed E-state index contributed by atoms with van der Waals surface area (Å²) in [6.07, 6.45) is 33.2. The van der Waals surface area contributed by atoms with Crippen LogP contribution in [-0.4, -0.2) is 48.6 Å². The molecule has 0 spiro atoms. The van der Waals surface area contributed by atoms with Gasteiger partial charge in [-0.05, 0) is 44.9 Å². The van der Waals surface area contributed by atoms with Gasteiger partial charge in [-0.25, -0.2) is 9.59 Å². The molecule has 0 aliphatic carbocycles. The van der Waals surface area contributed by atoms with E-state index < -0.39 is 29.8 Å². The van der Waals surface area contributed by atoms with Gasteiger partial charge in [0.1, 0.15) is 6.04 Å². The summed E-state index contributed by atoms with van der Waals surface area (Å²) < 4.78 is 4.36. The van der Waals surface area contributed by atoms with E-state index in [0.29, 0.717) is 6.42 Å². The Bertz CT molecular complexity index is 910. The first-order valence-corrected chi connectivity index (χ1v) is 12.9. The van der Waals surface area contributed by atoms with Crippen LogP contribution in [-0.2, 0) is 23.9 Å². The maximum atomic E-state index is 12.0. The van der Waals surface area contributed by atoms with E-state index in [1.165, 1.54) is 7.11 Å². The molecule has 3 N–H and O–H groups in total. The SMILES string of the molecule is CCC=CCC=CCC=CCC=CCC=CCC=CCCC(=O)NC(CNC(=O)C=CC(=O)OC)C(=O)O. The predicted octanol–water partition coefficient (Wildman–Crippen LogP) is 4.88. The van der Waals surface area contributed by atoms with Gasteiger partial charge < -0.3 is 20.5 Å². The molecule has 0 rings (SSSR count). The average Bonchev–Trinajstić information content (AvgIpc) is 2.90. The lowest BCUT2D eigenvalue weighted by Gasteiger charge is -2.14. The number of amides is 2. The third-order valence-corrected chi connectivity index (χ3v) is 4.82. The Morgan fingerprint density at radius 3 is 1.66 bits per heavy atom. The van der Waals surface area contributed by atoms with E-state index in [1.807, 2.05) is 18.2 Å². The standard InChI is InChI=1S/C30H42N2O6/c1-3-4-5-6-7-8-9-10-11-12-13-14-15-16-17-18-19-20-21-22-28(34)32-26(30(36)37)25-31-27(33)23-24-29(35)38-2/h4-5,7-8,10-11,13-14,16-17,19-20,23-24,26H,3,6,9,12,15,18,21-22,25H2,1-2H3,(H,31,33)(H,32,34)(H,36,37). The zero-order valence-corrected chi connectivity index (χ0v) is 22.5. The molecule has 0 bridgehead atoms. The summed E-state index contributed by atoms with van der Waals surface area (Å²) in [5.41, 5.74) is 0. The molecule has 0 radical (unpaired) electrons. The van der Waals surface area contributed by atoms with Gasteiger partial charge in [0.05, 0.1) is 7.11 Å². The molecule has 0 saturated carbocycles. The van der Waals surface area contributed by atoms with Gasteiger partial charge in [-0.1, -0.05) is 79.8 Å². The fourth-order valence-electron chi connectivity index (χ4n) is 2.79. The van der Waals surface area contributed by atoms with E-state index >= 15 is 0 Å². The third kappa shape index (κ3) is 22.5. The highest BCUT2D eigenvalue weighted by Crippen LogP contribution is 1.98. The number of carbonyl (C=O) groups is 4. The highest BCUT2D eigenvalue weighted by molar-refractivity contribution is 5.94. The van der Waals surface area contributed by atoms with Gasteiger partial charge in [0, 0.05) is 25.1 Å². The van der Waals surface area contributed by atoms with Crippen LogP contribution in [0.3, 0.4) is 0 Å². The molecule has 0 fully saturated rings. The van der Waals surface area contributed by atoms with Crippen LogP contribution < -0.4 is 10.6 Å². The van der Waals surface area contributed by atoms with Gasteiger partial charge in [-0.2, -0.15) is 0 Å². The Labute approximate surface area is 226 Å². The summed E-state index contributed by atoms with van der Waals surface area (Å²) in [7, 11) is 1.17. The molecule has 1 unspecified atom stereocenters. The molecular weight excluding hydrogens is 484 g/mol. The Kier molecular flexibility index (Phi) is 22.2. The van der Waals surface area contributed by atoms with Crippen LogP contribution in [0.15, 0.2) is 85.1 Å². The van der Waals surface area contributed by atoms with Crippen molar-refractivity contribution in [2.24, 2.45) is 0 Å². The van der Waals surface area contributed by atoms with Gasteiger partial charge >= 0.3 is 11.9 Å². The maximum Gasteiger partial charge on any atom is 0.330 e. The summed E-state index contributed by atoms with van der Waals surface area (Å²) in [5.74, 6) is -3.09. The van der Waals surface area contributed by atoms with Crippen molar-refractivity contribution in [1.29, 1.82) is 0 Å². The monoisotopic (exact) mass is 526 g/mol. The zero-order chi connectivity index (χ0) is 28.3. The van der Waals surface area contributed by atoms with Crippen molar-refractivity contribution in [3.05, 3.63) is 85.1 Å². The second-order valence-electron chi connectivity index (χ2n) is 8.01. The van der Waals surface area contributed by atoms with Crippen molar-refractivity contribution in [2.75, 3.05) is 13.7 Å². The Morgan fingerprint density at radius 1 is 0.737 bits per heavy atom. The number of carboxylic acids is 1. The number of aliphatic carboxylic acids is 1. The molecule has 1 atom stereocenters. The van der Waals surface area contributed by atoms with Crippen molar-refractivity contribution in [3.63, 3.8) is 0 Å².